The van der Waals surface area contributed by atoms with E-state index in [9.17, 15) is 4.79 Å². The lowest BCUT2D eigenvalue weighted by Gasteiger charge is -2.04. The van der Waals surface area contributed by atoms with Gasteiger partial charge in [-0.1, -0.05) is 6.07 Å². The molecule has 0 radical (unpaired) electrons. The number of hydrogen-bond acceptors (Lipinski definition) is 4. The van der Waals surface area contributed by atoms with Crippen molar-refractivity contribution >= 4 is 17.0 Å². The van der Waals surface area contributed by atoms with E-state index in [0.29, 0.717) is 13.1 Å². The summed E-state index contributed by atoms with van der Waals surface area (Å²) in [5.41, 5.74) is 2.88. The zero-order chi connectivity index (χ0) is 12.8. The molecule has 0 saturated heterocycles. The number of fused-ring (bicyclic) bond motifs is 1. The van der Waals surface area contributed by atoms with Crippen molar-refractivity contribution in [1.82, 2.24) is 15.6 Å². The van der Waals surface area contributed by atoms with Crippen molar-refractivity contribution in [2.45, 2.75) is 12.8 Å². The van der Waals surface area contributed by atoms with Gasteiger partial charge in [-0.05, 0) is 37.6 Å². The summed E-state index contributed by atoms with van der Waals surface area (Å²) in [5.74, 6) is 0.0307. The van der Waals surface area contributed by atoms with Crippen molar-refractivity contribution in [3.8, 4) is 0 Å². The lowest BCUT2D eigenvalue weighted by Crippen LogP contribution is -2.32. The lowest BCUT2D eigenvalue weighted by atomic mass is 10.1. The van der Waals surface area contributed by atoms with Crippen LogP contribution in [0, 0.1) is 0 Å². The maximum absolute atomic E-state index is 11.2. The fraction of sp³-hybridized carbons (Fsp3) is 0.385. The van der Waals surface area contributed by atoms with Crippen LogP contribution in [0.2, 0.25) is 0 Å². The van der Waals surface area contributed by atoms with Gasteiger partial charge in [0.25, 0.3) is 0 Å². The van der Waals surface area contributed by atoms with Gasteiger partial charge in [-0.15, -0.1) is 0 Å². The first kappa shape index (κ1) is 12.6. The summed E-state index contributed by atoms with van der Waals surface area (Å²) in [5, 5.41) is 5.66. The minimum Gasteiger partial charge on any atom is -0.443 e. The van der Waals surface area contributed by atoms with E-state index in [1.807, 2.05) is 18.2 Å². The molecule has 2 N–H and O–H groups in total. The highest BCUT2D eigenvalue weighted by molar-refractivity contribution is 5.77. The Morgan fingerprint density at radius 1 is 1.44 bits per heavy atom. The van der Waals surface area contributed by atoms with E-state index in [1.54, 1.807) is 7.05 Å². The molecular weight excluding hydrogens is 230 g/mol. The molecular formula is C13H17N3O2. The molecule has 96 valence electrons. The fourth-order valence-corrected chi connectivity index (χ4v) is 1.80. The number of carbonyl (C=O) groups is 1. The maximum atomic E-state index is 11.2. The number of amides is 1. The van der Waals surface area contributed by atoms with E-state index in [-0.39, 0.29) is 5.91 Å². The number of nitrogens with zero attached hydrogens (tertiary/aromatic N) is 1. The predicted molar refractivity (Wildman–Crippen MR) is 69.3 cm³/mol. The first-order valence-corrected chi connectivity index (χ1v) is 6.03. The van der Waals surface area contributed by atoms with Crippen molar-refractivity contribution in [3.63, 3.8) is 0 Å². The van der Waals surface area contributed by atoms with E-state index in [0.717, 1.165) is 23.9 Å². The van der Waals surface area contributed by atoms with E-state index >= 15 is 0 Å². The van der Waals surface area contributed by atoms with Crippen molar-refractivity contribution < 1.29 is 9.21 Å². The normalized spacial score (nSPS) is 10.7. The number of nitrogens with one attached hydrogen (secondary N) is 2. The Kier molecular flexibility index (Phi) is 4.30. The molecule has 5 heteroatoms. The Bertz CT molecular complexity index is 522. The molecule has 0 aliphatic carbocycles. The first-order valence-electron chi connectivity index (χ1n) is 6.03. The molecule has 0 spiro atoms. The highest BCUT2D eigenvalue weighted by atomic mass is 16.3. The van der Waals surface area contributed by atoms with Crippen LogP contribution in [0.4, 0.5) is 0 Å². The van der Waals surface area contributed by atoms with E-state index in [4.69, 9.17) is 4.42 Å². The molecule has 2 rings (SSSR count). The lowest BCUT2D eigenvalue weighted by molar-refractivity contribution is -0.120. The minimum atomic E-state index is 0.0307. The molecule has 0 aliphatic heterocycles. The van der Waals surface area contributed by atoms with Crippen molar-refractivity contribution in [2.75, 3.05) is 20.1 Å². The van der Waals surface area contributed by atoms with Crippen LogP contribution in [-0.2, 0) is 11.2 Å². The molecule has 2 aromatic rings. The molecule has 1 amide bonds. The number of aryl methyl sites for hydroxylation is 1. The molecule has 0 bridgehead atoms. The smallest absolute Gasteiger partial charge is 0.233 e. The van der Waals surface area contributed by atoms with Gasteiger partial charge in [0.2, 0.25) is 5.91 Å². The van der Waals surface area contributed by atoms with Crippen molar-refractivity contribution in [2.24, 2.45) is 0 Å². The quantitative estimate of drug-likeness (QED) is 0.750. The van der Waals surface area contributed by atoms with Crippen molar-refractivity contribution in [3.05, 3.63) is 30.2 Å². The Labute approximate surface area is 106 Å². The van der Waals surface area contributed by atoms with E-state index in [2.05, 4.69) is 15.6 Å². The van der Waals surface area contributed by atoms with Crippen LogP contribution in [0.3, 0.4) is 0 Å². The number of hydrogen-bond donors (Lipinski definition) is 2. The minimum absolute atomic E-state index is 0.0307. The Morgan fingerprint density at radius 3 is 3.17 bits per heavy atom. The number of rotatable bonds is 6. The average Bonchev–Trinajstić information content (AvgIpc) is 2.82. The monoisotopic (exact) mass is 247 g/mol. The predicted octanol–water partition coefficient (Wildman–Crippen LogP) is 1.10. The van der Waals surface area contributed by atoms with Crippen LogP contribution < -0.4 is 10.6 Å². The molecule has 0 fully saturated rings. The number of likely N-dealkylation sites (N-methyl/N-ethyl adjacent to an activating group) is 1. The zero-order valence-corrected chi connectivity index (χ0v) is 10.4. The van der Waals surface area contributed by atoms with Crippen molar-refractivity contribution in [1.29, 1.82) is 0 Å². The van der Waals surface area contributed by atoms with Crippen LogP contribution in [0.1, 0.15) is 12.0 Å². The molecule has 5 nitrogen and oxygen atoms in total. The van der Waals surface area contributed by atoms with Crippen LogP contribution >= 0.6 is 0 Å². The van der Waals surface area contributed by atoms with Gasteiger partial charge in [0.15, 0.2) is 12.0 Å². The summed E-state index contributed by atoms with van der Waals surface area (Å²) in [6.07, 6.45) is 3.28. The Balaban J connectivity index is 1.77. The number of oxazole rings is 1. The molecule has 0 saturated carbocycles. The van der Waals surface area contributed by atoms with Crippen LogP contribution in [0.25, 0.3) is 11.1 Å². The summed E-state index contributed by atoms with van der Waals surface area (Å²) in [6, 6.07) is 5.99. The van der Waals surface area contributed by atoms with Gasteiger partial charge in [-0.2, -0.15) is 0 Å². The Hall–Kier alpha value is -1.88. The molecule has 1 heterocycles. The number of carbonyl (C=O) groups excluding carboxylic acids is 1. The van der Waals surface area contributed by atoms with Gasteiger partial charge in [0.05, 0.1) is 6.54 Å². The van der Waals surface area contributed by atoms with Crippen LogP contribution in [-0.4, -0.2) is 31.0 Å². The molecule has 0 atom stereocenters. The molecule has 0 aliphatic rings. The topological polar surface area (TPSA) is 67.2 Å². The summed E-state index contributed by atoms with van der Waals surface area (Å²) in [6.45, 7) is 1.05. The second-order valence-electron chi connectivity index (χ2n) is 4.14. The number of aromatic nitrogens is 1. The SMILES string of the molecule is CNCC(=O)NCCCc1ccc2ncoc2c1. The fourth-order valence-electron chi connectivity index (χ4n) is 1.80. The third-order valence-corrected chi connectivity index (χ3v) is 2.70. The highest BCUT2D eigenvalue weighted by Crippen LogP contribution is 2.15. The molecule has 1 aromatic heterocycles. The van der Waals surface area contributed by atoms with Gasteiger partial charge >= 0.3 is 0 Å². The van der Waals surface area contributed by atoms with Gasteiger partial charge in [0, 0.05) is 6.54 Å². The second-order valence-corrected chi connectivity index (χ2v) is 4.14. The zero-order valence-electron chi connectivity index (χ0n) is 10.4. The molecule has 1 aromatic carbocycles. The van der Waals surface area contributed by atoms with Gasteiger partial charge in [-0.3, -0.25) is 4.79 Å². The maximum Gasteiger partial charge on any atom is 0.233 e. The highest BCUT2D eigenvalue weighted by Gasteiger charge is 2.01. The first-order chi connectivity index (χ1) is 8.79. The van der Waals surface area contributed by atoms with E-state index < -0.39 is 0 Å². The van der Waals surface area contributed by atoms with Gasteiger partial charge in [-0.25, -0.2) is 4.98 Å². The molecule has 18 heavy (non-hydrogen) atoms. The average molecular weight is 247 g/mol. The summed E-state index contributed by atoms with van der Waals surface area (Å²) >= 11 is 0. The largest absolute Gasteiger partial charge is 0.443 e. The third-order valence-electron chi connectivity index (χ3n) is 2.70. The summed E-state index contributed by atoms with van der Waals surface area (Å²) in [7, 11) is 1.76. The Morgan fingerprint density at radius 2 is 2.33 bits per heavy atom. The molecule has 0 unspecified atom stereocenters. The van der Waals surface area contributed by atoms with Gasteiger partial charge < -0.3 is 15.1 Å². The van der Waals surface area contributed by atoms with E-state index in [1.165, 1.54) is 12.0 Å². The van der Waals surface area contributed by atoms with Gasteiger partial charge in [0.1, 0.15) is 5.52 Å². The third kappa shape index (κ3) is 3.30. The standard InChI is InChI=1S/C13H17N3O2/c1-14-8-13(17)15-6-2-3-10-4-5-11-12(7-10)18-9-16-11/h4-5,7,9,14H,2-3,6,8H2,1H3,(H,15,17). The number of benzene rings is 1. The second kappa shape index (κ2) is 6.16. The summed E-state index contributed by atoms with van der Waals surface area (Å²) in [4.78, 5) is 15.3. The van der Waals surface area contributed by atoms with Crippen LogP contribution in [0.5, 0.6) is 0 Å². The van der Waals surface area contributed by atoms with Crippen LogP contribution in [0.15, 0.2) is 29.0 Å². The summed E-state index contributed by atoms with van der Waals surface area (Å²) < 4.78 is 5.25.